The number of nitrogens with zero attached hydrogens (tertiary/aromatic N) is 2. The van der Waals surface area contributed by atoms with E-state index in [1.807, 2.05) is 42.5 Å². The van der Waals surface area contributed by atoms with Crippen molar-refractivity contribution in [1.29, 1.82) is 0 Å². The zero-order valence-corrected chi connectivity index (χ0v) is 13.5. The van der Waals surface area contributed by atoms with Crippen molar-refractivity contribution in [2.75, 3.05) is 5.32 Å². The number of carbonyl (C=O) groups excluding carboxylic acids is 1. The van der Waals surface area contributed by atoms with E-state index in [1.165, 1.54) is 0 Å². The summed E-state index contributed by atoms with van der Waals surface area (Å²) in [4.78, 5) is 20.6. The van der Waals surface area contributed by atoms with Crippen molar-refractivity contribution >= 4 is 29.1 Å². The maximum Gasteiger partial charge on any atom is 0.270 e. The number of hydrogen-bond donors (Lipinski definition) is 2. The lowest BCUT2D eigenvalue weighted by Gasteiger charge is -2.07. The van der Waals surface area contributed by atoms with Crippen LogP contribution in [0.25, 0.3) is 0 Å². The van der Waals surface area contributed by atoms with Crippen molar-refractivity contribution in [2.24, 2.45) is 0 Å². The van der Waals surface area contributed by atoms with Crippen molar-refractivity contribution in [3.63, 3.8) is 0 Å². The van der Waals surface area contributed by atoms with Crippen LogP contribution in [0.3, 0.4) is 0 Å². The summed E-state index contributed by atoms with van der Waals surface area (Å²) in [7, 11) is 0. The molecule has 3 rings (SSSR count). The summed E-state index contributed by atoms with van der Waals surface area (Å²) in [5.41, 5.74) is 2.12. The third-order valence-electron chi connectivity index (χ3n) is 3.28. The maximum absolute atomic E-state index is 12.2. The van der Waals surface area contributed by atoms with Crippen LogP contribution in [0, 0.1) is 0 Å². The number of nitrogens with one attached hydrogen (secondary N) is 2. The van der Waals surface area contributed by atoms with Gasteiger partial charge in [0.15, 0.2) is 0 Å². The Hall–Kier alpha value is -2.92. The van der Waals surface area contributed by atoms with Crippen LogP contribution >= 0.6 is 11.6 Å². The van der Waals surface area contributed by atoms with E-state index < -0.39 is 0 Å². The molecule has 0 aliphatic carbocycles. The van der Waals surface area contributed by atoms with E-state index in [0.717, 1.165) is 11.3 Å². The molecule has 0 radical (unpaired) electrons. The van der Waals surface area contributed by atoms with Crippen LogP contribution < -0.4 is 10.6 Å². The Kier molecular flexibility index (Phi) is 5.03. The van der Waals surface area contributed by atoms with Gasteiger partial charge >= 0.3 is 0 Å². The minimum Gasteiger partial charge on any atom is -0.347 e. The second kappa shape index (κ2) is 7.57. The molecule has 120 valence electrons. The van der Waals surface area contributed by atoms with E-state index in [2.05, 4.69) is 20.6 Å². The van der Waals surface area contributed by atoms with Crippen LogP contribution in [0.4, 0.5) is 11.6 Å². The minimum atomic E-state index is -0.250. The van der Waals surface area contributed by atoms with Gasteiger partial charge in [0.25, 0.3) is 5.91 Å². The van der Waals surface area contributed by atoms with E-state index >= 15 is 0 Å². The largest absolute Gasteiger partial charge is 0.347 e. The number of hydrogen-bond acceptors (Lipinski definition) is 4. The number of amides is 1. The highest BCUT2D eigenvalue weighted by atomic mass is 35.5. The number of benzene rings is 2. The molecule has 6 heteroatoms. The summed E-state index contributed by atoms with van der Waals surface area (Å²) in [6.07, 6.45) is 1.54. The summed E-state index contributed by atoms with van der Waals surface area (Å²) in [6.45, 7) is 0.448. The second-order valence-electron chi connectivity index (χ2n) is 5.07. The third-order valence-corrected chi connectivity index (χ3v) is 3.54. The first-order chi connectivity index (χ1) is 11.7. The number of aromatic nitrogens is 2. The minimum absolute atomic E-state index is 0.250. The van der Waals surface area contributed by atoms with Crippen molar-refractivity contribution in [3.05, 3.63) is 83.1 Å². The van der Waals surface area contributed by atoms with Crippen molar-refractivity contribution < 1.29 is 4.79 Å². The molecule has 1 amide bonds. The summed E-state index contributed by atoms with van der Waals surface area (Å²) < 4.78 is 0. The van der Waals surface area contributed by atoms with Crippen LogP contribution in [0.2, 0.25) is 5.02 Å². The van der Waals surface area contributed by atoms with Gasteiger partial charge in [0.2, 0.25) is 5.95 Å². The topological polar surface area (TPSA) is 66.9 Å². The molecule has 0 unspecified atom stereocenters. The summed E-state index contributed by atoms with van der Waals surface area (Å²) >= 11 is 5.85. The van der Waals surface area contributed by atoms with Crippen LogP contribution in [0.1, 0.15) is 16.1 Å². The number of carbonyl (C=O) groups is 1. The van der Waals surface area contributed by atoms with Gasteiger partial charge in [-0.15, -0.1) is 0 Å². The Balaban J connectivity index is 1.65. The first kappa shape index (κ1) is 16.0. The zero-order valence-electron chi connectivity index (χ0n) is 12.7. The Labute approximate surface area is 144 Å². The average Bonchev–Trinajstić information content (AvgIpc) is 2.63. The van der Waals surface area contributed by atoms with E-state index in [9.17, 15) is 4.79 Å². The molecule has 24 heavy (non-hydrogen) atoms. The molecule has 2 N–H and O–H groups in total. The Morgan fingerprint density at radius 1 is 1.00 bits per heavy atom. The monoisotopic (exact) mass is 338 g/mol. The molecule has 0 aliphatic rings. The fraction of sp³-hybridized carbons (Fsp3) is 0.0556. The molecule has 0 atom stereocenters. The van der Waals surface area contributed by atoms with Gasteiger partial charge in [-0.3, -0.25) is 4.79 Å². The predicted octanol–water partition coefficient (Wildman–Crippen LogP) is 3.80. The summed E-state index contributed by atoms with van der Waals surface area (Å²) in [5.74, 6) is 0.102. The molecule has 0 saturated heterocycles. The molecule has 0 saturated carbocycles. The molecule has 2 aromatic carbocycles. The molecule has 0 aliphatic heterocycles. The zero-order chi connectivity index (χ0) is 16.8. The lowest BCUT2D eigenvalue weighted by atomic mass is 10.2. The van der Waals surface area contributed by atoms with Gasteiger partial charge in [0.1, 0.15) is 5.69 Å². The molecule has 1 aromatic heterocycles. The van der Waals surface area contributed by atoms with Gasteiger partial charge in [0.05, 0.1) is 0 Å². The van der Waals surface area contributed by atoms with E-state index in [-0.39, 0.29) is 5.91 Å². The number of anilines is 2. The Morgan fingerprint density at radius 2 is 1.75 bits per heavy atom. The predicted molar refractivity (Wildman–Crippen MR) is 94.4 cm³/mol. The van der Waals surface area contributed by atoms with Crippen molar-refractivity contribution in [2.45, 2.75) is 6.54 Å². The second-order valence-corrected chi connectivity index (χ2v) is 5.50. The molecular formula is C18H15ClN4O. The van der Waals surface area contributed by atoms with Crippen LogP contribution in [0.5, 0.6) is 0 Å². The molecule has 1 heterocycles. The quantitative estimate of drug-likeness (QED) is 0.742. The average molecular weight is 339 g/mol. The first-order valence-corrected chi connectivity index (χ1v) is 7.76. The fourth-order valence-corrected chi connectivity index (χ4v) is 2.20. The van der Waals surface area contributed by atoms with Crippen LogP contribution in [-0.2, 0) is 6.54 Å². The van der Waals surface area contributed by atoms with Gasteiger partial charge in [0, 0.05) is 23.5 Å². The lowest BCUT2D eigenvalue weighted by molar-refractivity contribution is 0.0946. The third kappa shape index (κ3) is 4.30. The highest BCUT2D eigenvalue weighted by Gasteiger charge is 2.08. The molecule has 5 nitrogen and oxygen atoms in total. The van der Waals surface area contributed by atoms with Gasteiger partial charge in [-0.25, -0.2) is 9.97 Å². The highest BCUT2D eigenvalue weighted by Crippen LogP contribution is 2.16. The Bertz CT molecular complexity index is 822. The van der Waals surface area contributed by atoms with Crippen LogP contribution in [-0.4, -0.2) is 15.9 Å². The molecule has 0 spiro atoms. The standard InChI is InChI=1S/C18H15ClN4O/c19-14-6-8-15(9-7-14)22-18-20-11-10-16(23-18)17(24)21-12-13-4-2-1-3-5-13/h1-11H,12H2,(H,21,24)(H,20,22,23). The van der Waals surface area contributed by atoms with E-state index in [1.54, 1.807) is 24.4 Å². The number of halogens is 1. The van der Waals surface area contributed by atoms with E-state index in [0.29, 0.717) is 23.2 Å². The Morgan fingerprint density at radius 3 is 2.50 bits per heavy atom. The van der Waals surface area contributed by atoms with Gasteiger partial charge < -0.3 is 10.6 Å². The molecular weight excluding hydrogens is 324 g/mol. The lowest BCUT2D eigenvalue weighted by Crippen LogP contribution is -2.24. The normalized spacial score (nSPS) is 10.2. The number of rotatable bonds is 5. The van der Waals surface area contributed by atoms with Crippen molar-refractivity contribution in [1.82, 2.24) is 15.3 Å². The van der Waals surface area contributed by atoms with Gasteiger partial charge in [-0.1, -0.05) is 41.9 Å². The van der Waals surface area contributed by atoms with Crippen molar-refractivity contribution in [3.8, 4) is 0 Å². The smallest absolute Gasteiger partial charge is 0.270 e. The summed E-state index contributed by atoms with van der Waals surface area (Å²) in [6, 6.07) is 18.4. The highest BCUT2D eigenvalue weighted by molar-refractivity contribution is 6.30. The summed E-state index contributed by atoms with van der Waals surface area (Å²) in [5, 5.41) is 6.53. The first-order valence-electron chi connectivity index (χ1n) is 7.38. The molecule has 0 bridgehead atoms. The van der Waals surface area contributed by atoms with Gasteiger partial charge in [-0.2, -0.15) is 0 Å². The van der Waals surface area contributed by atoms with Gasteiger partial charge in [-0.05, 0) is 35.9 Å². The fourth-order valence-electron chi connectivity index (χ4n) is 2.08. The SMILES string of the molecule is O=C(NCc1ccccc1)c1ccnc(Nc2ccc(Cl)cc2)n1. The maximum atomic E-state index is 12.2. The van der Waals surface area contributed by atoms with Crippen LogP contribution in [0.15, 0.2) is 66.9 Å². The molecule has 0 fully saturated rings. The molecule has 3 aromatic rings. The van der Waals surface area contributed by atoms with E-state index in [4.69, 9.17) is 11.6 Å².